The summed E-state index contributed by atoms with van der Waals surface area (Å²) in [5, 5.41) is 13.0. The second kappa shape index (κ2) is 5.64. The SMILES string of the molecule is Cc1ccsc1C(O)c1cc(Cl)c2c(c1)OCCCO2. The summed E-state index contributed by atoms with van der Waals surface area (Å²) in [6.07, 6.45) is 0.136. The third kappa shape index (κ3) is 2.51. The lowest BCUT2D eigenvalue weighted by Gasteiger charge is -2.15. The van der Waals surface area contributed by atoms with Gasteiger partial charge in [0.1, 0.15) is 6.10 Å². The molecule has 0 bridgehead atoms. The normalized spacial score (nSPS) is 15.8. The van der Waals surface area contributed by atoms with Crippen LogP contribution in [0.2, 0.25) is 5.02 Å². The minimum atomic E-state index is -0.690. The van der Waals surface area contributed by atoms with Gasteiger partial charge in [-0.2, -0.15) is 0 Å². The highest BCUT2D eigenvalue weighted by Gasteiger charge is 2.21. The van der Waals surface area contributed by atoms with Crippen LogP contribution in [0.15, 0.2) is 23.6 Å². The Morgan fingerprint density at radius 2 is 2.10 bits per heavy atom. The maximum Gasteiger partial charge on any atom is 0.179 e. The van der Waals surface area contributed by atoms with Gasteiger partial charge in [-0.05, 0) is 41.6 Å². The van der Waals surface area contributed by atoms with Gasteiger partial charge in [-0.3, -0.25) is 0 Å². The van der Waals surface area contributed by atoms with Gasteiger partial charge in [0.25, 0.3) is 0 Å². The minimum absolute atomic E-state index is 0.479. The number of fused-ring (bicyclic) bond motifs is 1. The first-order valence-electron chi connectivity index (χ1n) is 6.48. The number of rotatable bonds is 2. The van der Waals surface area contributed by atoms with Gasteiger partial charge in [-0.25, -0.2) is 0 Å². The van der Waals surface area contributed by atoms with Crippen LogP contribution in [0.4, 0.5) is 0 Å². The van der Waals surface area contributed by atoms with Crippen molar-refractivity contribution >= 4 is 22.9 Å². The zero-order valence-corrected chi connectivity index (χ0v) is 12.6. The standard InChI is InChI=1S/C15H15ClO3S/c1-9-3-6-20-15(9)13(17)10-7-11(16)14-12(8-10)18-4-2-5-19-14/h3,6-8,13,17H,2,4-5H2,1H3. The van der Waals surface area contributed by atoms with E-state index in [-0.39, 0.29) is 0 Å². The molecule has 3 rings (SSSR count). The average Bonchev–Trinajstić information content (AvgIpc) is 2.72. The molecule has 20 heavy (non-hydrogen) atoms. The molecule has 1 aromatic heterocycles. The number of ether oxygens (including phenoxy) is 2. The molecule has 0 aliphatic carbocycles. The van der Waals surface area contributed by atoms with Crippen LogP contribution in [0.25, 0.3) is 0 Å². The van der Waals surface area contributed by atoms with Crippen molar-refractivity contribution in [3.05, 3.63) is 44.6 Å². The third-order valence-corrected chi connectivity index (χ3v) is 4.64. The molecule has 1 N–H and O–H groups in total. The number of hydrogen-bond acceptors (Lipinski definition) is 4. The van der Waals surface area contributed by atoms with Crippen LogP contribution in [-0.2, 0) is 0 Å². The van der Waals surface area contributed by atoms with Gasteiger partial charge in [0, 0.05) is 11.3 Å². The summed E-state index contributed by atoms with van der Waals surface area (Å²) in [5.74, 6) is 1.18. The van der Waals surface area contributed by atoms with Crippen LogP contribution in [0.5, 0.6) is 11.5 Å². The molecule has 1 unspecified atom stereocenters. The maximum atomic E-state index is 10.5. The molecule has 0 saturated heterocycles. The number of aryl methyl sites for hydroxylation is 1. The average molecular weight is 311 g/mol. The van der Waals surface area contributed by atoms with Gasteiger partial charge < -0.3 is 14.6 Å². The third-order valence-electron chi connectivity index (χ3n) is 3.29. The highest BCUT2D eigenvalue weighted by atomic mass is 35.5. The predicted octanol–water partition coefficient (Wildman–Crippen LogP) is 3.95. The summed E-state index contributed by atoms with van der Waals surface area (Å²) in [6, 6.07) is 5.56. The van der Waals surface area contributed by atoms with Crippen LogP contribution in [-0.4, -0.2) is 18.3 Å². The number of halogens is 1. The Kier molecular flexibility index (Phi) is 3.87. The van der Waals surface area contributed by atoms with E-state index in [0.717, 1.165) is 22.4 Å². The largest absolute Gasteiger partial charge is 0.489 e. The zero-order chi connectivity index (χ0) is 14.1. The van der Waals surface area contributed by atoms with E-state index < -0.39 is 6.10 Å². The Bertz CT molecular complexity index is 624. The first kappa shape index (κ1) is 13.7. The lowest BCUT2D eigenvalue weighted by Crippen LogP contribution is -2.01. The molecular formula is C15H15ClO3S. The molecule has 0 spiro atoms. The van der Waals surface area contributed by atoms with Crippen molar-refractivity contribution in [2.24, 2.45) is 0 Å². The van der Waals surface area contributed by atoms with Gasteiger partial charge in [-0.1, -0.05) is 11.6 Å². The molecule has 2 heterocycles. The Hall–Kier alpha value is -1.23. The summed E-state index contributed by atoms with van der Waals surface area (Å²) < 4.78 is 11.2. The predicted molar refractivity (Wildman–Crippen MR) is 80.2 cm³/mol. The molecular weight excluding hydrogens is 296 g/mol. The van der Waals surface area contributed by atoms with E-state index in [9.17, 15) is 5.11 Å². The van der Waals surface area contributed by atoms with Crippen LogP contribution in [0.1, 0.15) is 28.5 Å². The highest BCUT2D eigenvalue weighted by Crippen LogP contribution is 2.41. The molecule has 0 radical (unpaired) electrons. The van der Waals surface area contributed by atoms with E-state index in [0.29, 0.717) is 29.7 Å². The molecule has 1 aromatic carbocycles. The molecule has 1 atom stereocenters. The van der Waals surface area contributed by atoms with Crippen molar-refractivity contribution in [3.63, 3.8) is 0 Å². The van der Waals surface area contributed by atoms with Crippen molar-refractivity contribution in [2.75, 3.05) is 13.2 Å². The Morgan fingerprint density at radius 1 is 1.30 bits per heavy atom. The monoisotopic (exact) mass is 310 g/mol. The van der Waals surface area contributed by atoms with Crippen LogP contribution < -0.4 is 9.47 Å². The van der Waals surface area contributed by atoms with Gasteiger partial charge >= 0.3 is 0 Å². The van der Waals surface area contributed by atoms with E-state index in [1.807, 2.05) is 24.4 Å². The van der Waals surface area contributed by atoms with Crippen molar-refractivity contribution in [1.29, 1.82) is 0 Å². The summed E-state index contributed by atoms with van der Waals surface area (Å²) in [4.78, 5) is 0.926. The number of aliphatic hydroxyl groups is 1. The van der Waals surface area contributed by atoms with Crippen molar-refractivity contribution in [2.45, 2.75) is 19.4 Å². The van der Waals surface area contributed by atoms with Crippen molar-refractivity contribution < 1.29 is 14.6 Å². The Morgan fingerprint density at radius 3 is 2.85 bits per heavy atom. The second-order valence-electron chi connectivity index (χ2n) is 4.75. The summed E-state index contributed by atoms with van der Waals surface area (Å²) in [5.41, 5.74) is 1.80. The van der Waals surface area contributed by atoms with Crippen molar-refractivity contribution in [1.82, 2.24) is 0 Å². The fourth-order valence-corrected chi connectivity index (χ4v) is 3.44. The highest BCUT2D eigenvalue weighted by molar-refractivity contribution is 7.10. The van der Waals surface area contributed by atoms with Gasteiger partial charge in [0.05, 0.1) is 18.2 Å². The Balaban J connectivity index is 2.01. The van der Waals surface area contributed by atoms with E-state index in [2.05, 4.69) is 0 Å². The summed E-state index contributed by atoms with van der Waals surface area (Å²) in [7, 11) is 0. The number of aliphatic hydroxyl groups excluding tert-OH is 1. The number of benzene rings is 1. The number of hydrogen-bond donors (Lipinski definition) is 1. The first-order valence-corrected chi connectivity index (χ1v) is 7.73. The van der Waals surface area contributed by atoms with E-state index in [1.54, 1.807) is 6.07 Å². The van der Waals surface area contributed by atoms with Crippen LogP contribution >= 0.6 is 22.9 Å². The molecule has 1 aliphatic heterocycles. The lowest BCUT2D eigenvalue weighted by atomic mass is 10.1. The fraction of sp³-hybridized carbons (Fsp3) is 0.333. The smallest absolute Gasteiger partial charge is 0.179 e. The summed E-state index contributed by atoms with van der Waals surface area (Å²) in [6.45, 7) is 3.18. The minimum Gasteiger partial charge on any atom is -0.489 e. The van der Waals surface area contributed by atoms with Gasteiger partial charge in [0.15, 0.2) is 11.5 Å². The van der Waals surface area contributed by atoms with Gasteiger partial charge in [0.2, 0.25) is 0 Å². The van der Waals surface area contributed by atoms with E-state index in [4.69, 9.17) is 21.1 Å². The van der Waals surface area contributed by atoms with Crippen LogP contribution in [0.3, 0.4) is 0 Å². The summed E-state index contributed by atoms with van der Waals surface area (Å²) >= 11 is 7.79. The van der Waals surface area contributed by atoms with E-state index >= 15 is 0 Å². The Labute approximate surface area is 126 Å². The fourth-order valence-electron chi connectivity index (χ4n) is 2.22. The number of thiophene rings is 1. The molecule has 2 aromatic rings. The molecule has 0 amide bonds. The molecule has 0 saturated carbocycles. The van der Waals surface area contributed by atoms with E-state index in [1.165, 1.54) is 11.3 Å². The zero-order valence-electron chi connectivity index (χ0n) is 11.1. The lowest BCUT2D eigenvalue weighted by molar-refractivity contribution is 0.222. The van der Waals surface area contributed by atoms with Crippen molar-refractivity contribution in [3.8, 4) is 11.5 Å². The first-order chi connectivity index (χ1) is 9.66. The van der Waals surface area contributed by atoms with Crippen LogP contribution in [0, 0.1) is 6.92 Å². The topological polar surface area (TPSA) is 38.7 Å². The molecule has 5 heteroatoms. The molecule has 106 valence electrons. The van der Waals surface area contributed by atoms with Gasteiger partial charge in [-0.15, -0.1) is 11.3 Å². The molecule has 3 nitrogen and oxygen atoms in total. The second-order valence-corrected chi connectivity index (χ2v) is 6.11. The molecule has 0 fully saturated rings. The quantitative estimate of drug-likeness (QED) is 0.912. The molecule has 1 aliphatic rings. The maximum absolute atomic E-state index is 10.5.